The second kappa shape index (κ2) is 4.59. The maximum absolute atomic E-state index is 12.4. The van der Waals surface area contributed by atoms with Crippen LogP contribution in [-0.4, -0.2) is 53.2 Å². The van der Waals surface area contributed by atoms with E-state index >= 15 is 0 Å². The maximum atomic E-state index is 12.4. The number of carbonyl (C=O) groups is 2. The van der Waals surface area contributed by atoms with Gasteiger partial charge in [-0.1, -0.05) is 0 Å². The van der Waals surface area contributed by atoms with E-state index in [0.717, 1.165) is 0 Å². The number of likely N-dealkylation sites (tertiary alicyclic amines) is 1. The number of fused-ring (bicyclic) bond motifs is 1. The van der Waals surface area contributed by atoms with Crippen LogP contribution in [0.15, 0.2) is 10.8 Å². The zero-order valence-corrected chi connectivity index (χ0v) is 11.2. The first-order chi connectivity index (χ1) is 9.54. The lowest BCUT2D eigenvalue weighted by Crippen LogP contribution is -2.45. The van der Waals surface area contributed by atoms with Gasteiger partial charge in [-0.05, 0) is 13.3 Å². The second-order valence-corrected chi connectivity index (χ2v) is 5.43. The van der Waals surface area contributed by atoms with E-state index in [2.05, 4.69) is 4.98 Å². The molecule has 2 aliphatic rings. The van der Waals surface area contributed by atoms with E-state index in [1.54, 1.807) is 11.8 Å². The van der Waals surface area contributed by atoms with Crippen LogP contribution in [-0.2, 0) is 9.53 Å². The lowest BCUT2D eigenvalue weighted by atomic mass is 9.74. The Morgan fingerprint density at radius 1 is 1.55 bits per heavy atom. The molecular weight excluding hydrogens is 264 g/mol. The van der Waals surface area contributed by atoms with E-state index in [4.69, 9.17) is 9.15 Å². The van der Waals surface area contributed by atoms with Crippen LogP contribution in [0.4, 0.5) is 0 Å². The number of oxazole rings is 1. The molecule has 1 amide bonds. The summed E-state index contributed by atoms with van der Waals surface area (Å²) in [5.41, 5.74) is -0.629. The molecule has 2 saturated heterocycles. The van der Waals surface area contributed by atoms with Crippen molar-refractivity contribution >= 4 is 11.9 Å². The third-order valence-electron chi connectivity index (χ3n) is 4.37. The predicted molar refractivity (Wildman–Crippen MR) is 66.1 cm³/mol. The van der Waals surface area contributed by atoms with Crippen LogP contribution in [0.3, 0.4) is 0 Å². The third-order valence-corrected chi connectivity index (χ3v) is 4.37. The van der Waals surface area contributed by atoms with E-state index in [1.807, 2.05) is 0 Å². The van der Waals surface area contributed by atoms with Crippen molar-refractivity contribution in [2.75, 3.05) is 26.3 Å². The van der Waals surface area contributed by atoms with Crippen LogP contribution in [0, 0.1) is 18.3 Å². The molecule has 3 heterocycles. The molecule has 0 bridgehead atoms. The van der Waals surface area contributed by atoms with E-state index in [1.165, 1.54) is 6.39 Å². The average molecular weight is 280 g/mol. The summed E-state index contributed by atoms with van der Waals surface area (Å²) in [6, 6.07) is 0. The molecule has 0 unspecified atom stereocenters. The first kappa shape index (κ1) is 13.1. The summed E-state index contributed by atoms with van der Waals surface area (Å²) in [5, 5.41) is 9.56. The molecule has 20 heavy (non-hydrogen) atoms. The molecule has 0 spiro atoms. The quantitative estimate of drug-likeness (QED) is 0.850. The lowest BCUT2D eigenvalue weighted by molar-refractivity contribution is -0.157. The Morgan fingerprint density at radius 3 is 2.95 bits per heavy atom. The minimum absolute atomic E-state index is 0.162. The van der Waals surface area contributed by atoms with Crippen LogP contribution in [0.5, 0.6) is 0 Å². The fourth-order valence-electron chi connectivity index (χ4n) is 3.11. The van der Waals surface area contributed by atoms with Gasteiger partial charge in [0.1, 0.15) is 5.76 Å². The van der Waals surface area contributed by atoms with Crippen LogP contribution >= 0.6 is 0 Å². The van der Waals surface area contributed by atoms with Gasteiger partial charge in [0.15, 0.2) is 12.1 Å². The molecule has 2 aliphatic heterocycles. The Balaban J connectivity index is 1.86. The van der Waals surface area contributed by atoms with Gasteiger partial charge in [0.05, 0.1) is 12.0 Å². The predicted octanol–water partition coefficient (Wildman–Crippen LogP) is 0.546. The van der Waals surface area contributed by atoms with Gasteiger partial charge in [-0.25, -0.2) is 4.98 Å². The van der Waals surface area contributed by atoms with E-state index in [-0.39, 0.29) is 24.1 Å². The smallest absolute Gasteiger partial charge is 0.311 e. The fraction of sp³-hybridized carbons (Fsp3) is 0.615. The number of hydrogen-bond donors (Lipinski definition) is 1. The number of carboxylic acid groups (broad SMARTS) is 1. The largest absolute Gasteiger partial charge is 0.481 e. The van der Waals surface area contributed by atoms with Crippen molar-refractivity contribution in [1.82, 2.24) is 9.88 Å². The number of aryl methyl sites for hydroxylation is 1. The lowest BCUT2D eigenvalue weighted by Gasteiger charge is -2.33. The summed E-state index contributed by atoms with van der Waals surface area (Å²) in [6.07, 6.45) is 1.66. The van der Waals surface area contributed by atoms with Gasteiger partial charge >= 0.3 is 5.97 Å². The first-order valence-corrected chi connectivity index (χ1v) is 6.55. The highest BCUT2D eigenvalue weighted by Crippen LogP contribution is 2.42. The number of carbonyl (C=O) groups excluding carboxylic acids is 1. The molecule has 0 radical (unpaired) electrons. The number of aliphatic carboxylic acids is 1. The van der Waals surface area contributed by atoms with Crippen LogP contribution < -0.4 is 0 Å². The standard InChI is InChI=1S/C13H16N2O5/c1-8-10(14-7-20-8)11(16)15-4-9-5-19-3-2-13(9,6-15)12(17)18/h7,9H,2-6H2,1H3,(H,17,18)/t9-,13+/m0/s1. The van der Waals surface area contributed by atoms with Crippen LogP contribution in [0.25, 0.3) is 0 Å². The van der Waals surface area contributed by atoms with Gasteiger partial charge in [-0.15, -0.1) is 0 Å². The number of amides is 1. The number of aromatic nitrogens is 1. The molecule has 108 valence electrons. The molecule has 1 aromatic heterocycles. The van der Waals surface area contributed by atoms with E-state index in [0.29, 0.717) is 31.9 Å². The van der Waals surface area contributed by atoms with Gasteiger partial charge in [-0.3, -0.25) is 9.59 Å². The Bertz CT molecular complexity index is 555. The Kier molecular flexibility index (Phi) is 3.01. The van der Waals surface area contributed by atoms with Gasteiger partial charge in [0.25, 0.3) is 5.91 Å². The summed E-state index contributed by atoms with van der Waals surface area (Å²) in [4.78, 5) is 29.5. The molecule has 0 saturated carbocycles. The highest BCUT2D eigenvalue weighted by Gasteiger charge is 2.55. The number of ether oxygens (including phenoxy) is 1. The summed E-state index contributed by atoms with van der Waals surface area (Å²) >= 11 is 0. The van der Waals surface area contributed by atoms with E-state index < -0.39 is 11.4 Å². The molecule has 1 aromatic rings. The minimum Gasteiger partial charge on any atom is -0.481 e. The van der Waals surface area contributed by atoms with Crippen molar-refractivity contribution < 1.29 is 23.8 Å². The molecule has 1 N–H and O–H groups in total. The topological polar surface area (TPSA) is 92.9 Å². The van der Waals surface area contributed by atoms with Crippen molar-refractivity contribution in [3.63, 3.8) is 0 Å². The molecule has 2 fully saturated rings. The number of nitrogens with zero attached hydrogens (tertiary/aromatic N) is 2. The number of carboxylic acids is 1. The molecule has 0 aromatic carbocycles. The SMILES string of the molecule is Cc1ocnc1C(=O)N1C[C@H]2COCC[C@@]2(C(=O)O)C1. The van der Waals surface area contributed by atoms with E-state index in [9.17, 15) is 14.7 Å². The van der Waals surface area contributed by atoms with Gasteiger partial charge in [0.2, 0.25) is 0 Å². The maximum Gasteiger partial charge on any atom is 0.311 e. The Hall–Kier alpha value is -1.89. The zero-order valence-electron chi connectivity index (χ0n) is 11.2. The zero-order chi connectivity index (χ0) is 14.3. The summed E-state index contributed by atoms with van der Waals surface area (Å²) in [6.45, 7) is 3.07. The normalized spacial score (nSPS) is 29.2. The Morgan fingerprint density at radius 2 is 2.35 bits per heavy atom. The molecule has 7 heteroatoms. The van der Waals surface area contributed by atoms with Crippen molar-refractivity contribution in [2.45, 2.75) is 13.3 Å². The van der Waals surface area contributed by atoms with Gasteiger partial charge in [0, 0.05) is 25.6 Å². The summed E-state index contributed by atoms with van der Waals surface area (Å²) < 4.78 is 10.4. The monoisotopic (exact) mass is 280 g/mol. The minimum atomic E-state index is -0.883. The Labute approximate surface area is 115 Å². The molecule has 2 atom stereocenters. The van der Waals surface area contributed by atoms with Crippen LogP contribution in [0.1, 0.15) is 22.7 Å². The second-order valence-electron chi connectivity index (χ2n) is 5.43. The van der Waals surface area contributed by atoms with Crippen molar-refractivity contribution in [3.05, 3.63) is 17.8 Å². The van der Waals surface area contributed by atoms with Crippen molar-refractivity contribution in [3.8, 4) is 0 Å². The molecule has 3 rings (SSSR count). The van der Waals surface area contributed by atoms with Gasteiger partial charge < -0.3 is 19.2 Å². The summed E-state index contributed by atoms with van der Waals surface area (Å²) in [5.74, 6) is -0.834. The third kappa shape index (κ3) is 1.81. The molecular formula is C13H16N2O5. The van der Waals surface area contributed by atoms with Crippen LogP contribution in [0.2, 0.25) is 0 Å². The first-order valence-electron chi connectivity index (χ1n) is 6.55. The molecule has 7 nitrogen and oxygen atoms in total. The average Bonchev–Trinajstić information content (AvgIpc) is 3.01. The number of hydrogen-bond acceptors (Lipinski definition) is 5. The van der Waals surface area contributed by atoms with Crippen molar-refractivity contribution in [2.24, 2.45) is 11.3 Å². The van der Waals surface area contributed by atoms with Gasteiger partial charge in [-0.2, -0.15) is 0 Å². The van der Waals surface area contributed by atoms with Crippen molar-refractivity contribution in [1.29, 1.82) is 0 Å². The highest BCUT2D eigenvalue weighted by molar-refractivity contribution is 5.94. The summed E-state index contributed by atoms with van der Waals surface area (Å²) in [7, 11) is 0. The fourth-order valence-corrected chi connectivity index (χ4v) is 3.11. The number of rotatable bonds is 2. The molecule has 0 aliphatic carbocycles. The highest BCUT2D eigenvalue weighted by atomic mass is 16.5.